The molecule has 2 saturated heterocycles. The fourth-order valence-corrected chi connectivity index (χ4v) is 5.50. The number of piperidine rings is 2. The van der Waals surface area contributed by atoms with Crippen LogP contribution in [0.3, 0.4) is 0 Å². The largest absolute Gasteiger partial charge is 0.365 e. The number of likely N-dealkylation sites (tertiary alicyclic amines) is 1. The molecule has 0 unspecified atom stereocenters. The van der Waals surface area contributed by atoms with Gasteiger partial charge in [0.1, 0.15) is 5.78 Å². The van der Waals surface area contributed by atoms with Crippen LogP contribution in [0, 0.1) is 18.8 Å². The number of alkyl halides is 2. The van der Waals surface area contributed by atoms with E-state index in [0.717, 1.165) is 48.1 Å². The Morgan fingerprint density at radius 2 is 1.88 bits per heavy atom. The van der Waals surface area contributed by atoms with E-state index < -0.39 is 5.92 Å². The molecule has 1 aromatic heterocycles. The van der Waals surface area contributed by atoms with Crippen LogP contribution in [0.2, 0.25) is 0 Å². The highest BCUT2D eigenvalue weighted by atomic mass is 19.3. The fourth-order valence-electron chi connectivity index (χ4n) is 5.50. The van der Waals surface area contributed by atoms with Crippen molar-refractivity contribution in [2.75, 3.05) is 31.1 Å². The van der Waals surface area contributed by atoms with Gasteiger partial charge in [0.25, 0.3) is 5.92 Å². The first-order valence-corrected chi connectivity index (χ1v) is 11.9. The third-order valence-corrected chi connectivity index (χ3v) is 7.19. The van der Waals surface area contributed by atoms with Crippen molar-refractivity contribution in [3.05, 3.63) is 36.0 Å². The van der Waals surface area contributed by atoms with Crippen molar-refractivity contribution in [2.45, 2.75) is 64.8 Å². The number of benzene rings is 1. The van der Waals surface area contributed by atoms with Crippen LogP contribution in [0.1, 0.15) is 51.5 Å². The maximum Gasteiger partial charge on any atom is 0.265 e. The summed E-state index contributed by atoms with van der Waals surface area (Å²) in [6.07, 6.45) is 4.36. The van der Waals surface area contributed by atoms with Crippen LogP contribution in [-0.4, -0.2) is 53.8 Å². The Labute approximate surface area is 190 Å². The highest BCUT2D eigenvalue weighted by Crippen LogP contribution is 2.38. The maximum absolute atomic E-state index is 14.7. The van der Waals surface area contributed by atoms with E-state index in [1.807, 2.05) is 31.2 Å². The van der Waals surface area contributed by atoms with E-state index in [4.69, 9.17) is 0 Å². The van der Waals surface area contributed by atoms with Crippen molar-refractivity contribution in [2.24, 2.45) is 11.8 Å². The van der Waals surface area contributed by atoms with E-state index in [1.54, 1.807) is 11.1 Å². The summed E-state index contributed by atoms with van der Waals surface area (Å²) in [4.78, 5) is 21.5. The molecule has 32 heavy (non-hydrogen) atoms. The van der Waals surface area contributed by atoms with Crippen LogP contribution in [0.15, 0.2) is 30.5 Å². The zero-order chi connectivity index (χ0) is 22.9. The van der Waals surface area contributed by atoms with Crippen molar-refractivity contribution in [3.63, 3.8) is 0 Å². The van der Waals surface area contributed by atoms with Gasteiger partial charge in [0, 0.05) is 49.1 Å². The minimum atomic E-state index is -2.80. The predicted octanol–water partition coefficient (Wildman–Crippen LogP) is 5.47. The van der Waals surface area contributed by atoms with Gasteiger partial charge < -0.3 is 9.80 Å². The molecule has 2 fully saturated rings. The van der Waals surface area contributed by atoms with Crippen LogP contribution in [0.4, 0.5) is 14.5 Å². The van der Waals surface area contributed by atoms with Gasteiger partial charge in [-0.3, -0.25) is 9.78 Å². The lowest BCUT2D eigenvalue weighted by Gasteiger charge is -2.39. The lowest BCUT2D eigenvalue weighted by Crippen LogP contribution is -2.47. The molecule has 1 aromatic carbocycles. The lowest BCUT2D eigenvalue weighted by molar-refractivity contribution is -0.122. The molecule has 4 nitrogen and oxygen atoms in total. The smallest absolute Gasteiger partial charge is 0.265 e. The summed E-state index contributed by atoms with van der Waals surface area (Å²) in [7, 11) is 0. The Balaban J connectivity index is 1.42. The van der Waals surface area contributed by atoms with Gasteiger partial charge >= 0.3 is 0 Å². The number of halogens is 2. The van der Waals surface area contributed by atoms with E-state index in [2.05, 4.69) is 23.7 Å². The summed E-state index contributed by atoms with van der Waals surface area (Å²) in [6, 6.07) is 8.19. The van der Waals surface area contributed by atoms with Gasteiger partial charge in [0.2, 0.25) is 0 Å². The molecule has 1 atom stereocenters. The molecular formula is C26H35F2N3O. The number of hydrogen-bond donors (Lipinski definition) is 0. The standard InChI is InChI=1S/C26H35F2N3O/c1-18(2)30-11-8-20(9-12-30)13-22(32)14-21-15-26(27,28)17-31(16-21)24-7-6-19(3)25-23(24)5-4-10-29-25/h4-7,10,18,20-21H,8-9,11-17H2,1-3H3/t21-/m1/s1. The first kappa shape index (κ1) is 23.1. The zero-order valence-electron chi connectivity index (χ0n) is 19.5. The quantitative estimate of drug-likeness (QED) is 0.593. The van der Waals surface area contributed by atoms with Crippen LogP contribution >= 0.6 is 0 Å². The van der Waals surface area contributed by atoms with Gasteiger partial charge in [0.05, 0.1) is 12.1 Å². The van der Waals surface area contributed by atoms with E-state index in [0.29, 0.717) is 24.9 Å². The van der Waals surface area contributed by atoms with Crippen LogP contribution in [0.5, 0.6) is 0 Å². The molecular weight excluding hydrogens is 408 g/mol. The fraction of sp³-hybridized carbons (Fsp3) is 0.615. The SMILES string of the molecule is Cc1ccc(N2C[C@H](CC(=O)CC3CCN(C(C)C)CC3)CC(F)(F)C2)c2cccnc12. The molecule has 3 heterocycles. The molecule has 2 aromatic rings. The van der Waals surface area contributed by atoms with Crippen LogP contribution in [-0.2, 0) is 4.79 Å². The summed E-state index contributed by atoms with van der Waals surface area (Å²) in [6.45, 7) is 8.62. The topological polar surface area (TPSA) is 36.4 Å². The number of ketones is 1. The number of carbonyl (C=O) groups excluding carboxylic acids is 1. The van der Waals surface area contributed by atoms with Crippen molar-refractivity contribution in [1.82, 2.24) is 9.88 Å². The van der Waals surface area contributed by atoms with E-state index >= 15 is 0 Å². The number of nitrogens with zero attached hydrogens (tertiary/aromatic N) is 3. The van der Waals surface area contributed by atoms with Gasteiger partial charge in [-0.2, -0.15) is 0 Å². The second-order valence-corrected chi connectivity index (χ2v) is 10.1. The first-order valence-electron chi connectivity index (χ1n) is 11.9. The van der Waals surface area contributed by atoms with Gasteiger partial charge in [0.15, 0.2) is 0 Å². The minimum Gasteiger partial charge on any atom is -0.365 e. The molecule has 0 aliphatic carbocycles. The normalized spacial score (nSPS) is 22.6. The van der Waals surface area contributed by atoms with E-state index in [1.165, 1.54) is 0 Å². The number of pyridine rings is 1. The number of fused-ring (bicyclic) bond motifs is 1. The molecule has 2 aliphatic heterocycles. The Kier molecular flexibility index (Phi) is 6.80. The van der Waals surface area contributed by atoms with Gasteiger partial charge in [-0.05, 0) is 82.3 Å². The molecule has 6 heteroatoms. The molecule has 0 bridgehead atoms. The number of aromatic nitrogens is 1. The van der Waals surface area contributed by atoms with E-state index in [9.17, 15) is 13.6 Å². The molecule has 0 amide bonds. The summed E-state index contributed by atoms with van der Waals surface area (Å²) >= 11 is 0. The highest BCUT2D eigenvalue weighted by molar-refractivity contribution is 5.93. The number of rotatable bonds is 6. The average molecular weight is 444 g/mol. The summed E-state index contributed by atoms with van der Waals surface area (Å²) in [5.41, 5.74) is 2.67. The highest BCUT2D eigenvalue weighted by Gasteiger charge is 2.41. The second-order valence-electron chi connectivity index (χ2n) is 10.1. The number of aryl methyl sites for hydroxylation is 1. The maximum atomic E-state index is 14.7. The number of anilines is 1. The Bertz CT molecular complexity index is 953. The van der Waals surface area contributed by atoms with Gasteiger partial charge in [-0.15, -0.1) is 0 Å². The number of Topliss-reactive ketones (excluding diaryl/α,β-unsaturated/α-hetero) is 1. The van der Waals surface area contributed by atoms with Gasteiger partial charge in [-0.25, -0.2) is 8.78 Å². The molecule has 0 radical (unpaired) electrons. The Morgan fingerprint density at radius 3 is 2.59 bits per heavy atom. The molecule has 2 aliphatic rings. The average Bonchev–Trinajstić information content (AvgIpc) is 2.73. The molecule has 4 rings (SSSR count). The van der Waals surface area contributed by atoms with Crippen molar-refractivity contribution in [1.29, 1.82) is 0 Å². The zero-order valence-corrected chi connectivity index (χ0v) is 19.5. The van der Waals surface area contributed by atoms with Crippen molar-refractivity contribution in [3.8, 4) is 0 Å². The minimum absolute atomic E-state index is 0.145. The third-order valence-electron chi connectivity index (χ3n) is 7.19. The number of hydrogen-bond acceptors (Lipinski definition) is 4. The summed E-state index contributed by atoms with van der Waals surface area (Å²) in [5, 5.41) is 0.896. The molecule has 0 N–H and O–H groups in total. The van der Waals surface area contributed by atoms with Gasteiger partial charge in [-0.1, -0.05) is 6.07 Å². The van der Waals surface area contributed by atoms with Crippen molar-refractivity contribution >= 4 is 22.4 Å². The summed E-state index contributed by atoms with van der Waals surface area (Å²) < 4.78 is 29.4. The van der Waals surface area contributed by atoms with Crippen LogP contribution in [0.25, 0.3) is 10.9 Å². The van der Waals surface area contributed by atoms with Crippen molar-refractivity contribution < 1.29 is 13.6 Å². The lowest BCUT2D eigenvalue weighted by atomic mass is 9.85. The molecule has 174 valence electrons. The van der Waals surface area contributed by atoms with E-state index in [-0.39, 0.29) is 31.1 Å². The second kappa shape index (κ2) is 9.42. The predicted molar refractivity (Wildman–Crippen MR) is 125 cm³/mol. The number of carbonyl (C=O) groups is 1. The Hall–Kier alpha value is -2.08. The molecule has 0 saturated carbocycles. The first-order chi connectivity index (χ1) is 15.2. The summed E-state index contributed by atoms with van der Waals surface area (Å²) in [5.74, 6) is -2.59. The Morgan fingerprint density at radius 1 is 1.16 bits per heavy atom. The third kappa shape index (κ3) is 5.28. The van der Waals surface area contributed by atoms with Crippen LogP contribution < -0.4 is 4.90 Å². The molecule has 0 spiro atoms. The monoisotopic (exact) mass is 443 g/mol.